The first kappa shape index (κ1) is 11.8. The van der Waals surface area contributed by atoms with E-state index in [2.05, 4.69) is 4.98 Å². The smallest absolute Gasteiger partial charge is 0.166 e. The number of halogens is 1. The Morgan fingerprint density at radius 3 is 2.73 bits per heavy atom. The summed E-state index contributed by atoms with van der Waals surface area (Å²) in [7, 11) is -3.20. The summed E-state index contributed by atoms with van der Waals surface area (Å²) in [5.41, 5.74) is -0.117. The van der Waals surface area contributed by atoms with Crippen LogP contribution in [-0.4, -0.2) is 31.2 Å². The minimum atomic E-state index is -3.20. The fourth-order valence-corrected chi connectivity index (χ4v) is 1.57. The van der Waals surface area contributed by atoms with E-state index in [0.29, 0.717) is 0 Å². The number of sulfone groups is 1. The number of hydrogen-bond acceptors (Lipinski definition) is 4. The zero-order valence-corrected chi connectivity index (χ0v) is 8.92. The van der Waals surface area contributed by atoms with Crippen LogP contribution in [0.1, 0.15) is 16.8 Å². The van der Waals surface area contributed by atoms with Crippen LogP contribution in [0.4, 0.5) is 4.39 Å². The Morgan fingerprint density at radius 1 is 1.53 bits per heavy atom. The van der Waals surface area contributed by atoms with Gasteiger partial charge in [-0.2, -0.15) is 0 Å². The van der Waals surface area contributed by atoms with Crippen LogP contribution >= 0.6 is 0 Å². The molecular weight excluding hydrogens is 221 g/mol. The van der Waals surface area contributed by atoms with Crippen molar-refractivity contribution >= 4 is 15.6 Å². The lowest BCUT2D eigenvalue weighted by Crippen LogP contribution is -2.10. The molecule has 6 heteroatoms. The van der Waals surface area contributed by atoms with Gasteiger partial charge >= 0.3 is 0 Å². The monoisotopic (exact) mass is 231 g/mol. The molecule has 0 bridgehead atoms. The van der Waals surface area contributed by atoms with Crippen LogP contribution < -0.4 is 0 Å². The Labute approximate surface area is 87.1 Å². The molecule has 1 heterocycles. The lowest BCUT2D eigenvalue weighted by Gasteiger charge is -2.00. The molecule has 0 aliphatic rings. The lowest BCUT2D eigenvalue weighted by molar-refractivity contribution is 0.0984. The number of nitrogens with zero attached hydrogens (tertiary/aromatic N) is 1. The average Bonchev–Trinajstić information content (AvgIpc) is 2.14. The van der Waals surface area contributed by atoms with E-state index in [1.54, 1.807) is 0 Å². The van der Waals surface area contributed by atoms with Crippen LogP contribution in [0.2, 0.25) is 0 Å². The van der Waals surface area contributed by atoms with Crippen molar-refractivity contribution in [3.8, 4) is 0 Å². The van der Waals surface area contributed by atoms with E-state index < -0.39 is 21.4 Å². The summed E-state index contributed by atoms with van der Waals surface area (Å²) in [6.45, 7) is 0. The molecule has 82 valence electrons. The van der Waals surface area contributed by atoms with Crippen molar-refractivity contribution in [2.45, 2.75) is 6.42 Å². The van der Waals surface area contributed by atoms with E-state index in [0.717, 1.165) is 12.5 Å². The van der Waals surface area contributed by atoms with Gasteiger partial charge in [-0.25, -0.2) is 12.8 Å². The van der Waals surface area contributed by atoms with Crippen molar-refractivity contribution < 1.29 is 17.6 Å². The molecule has 0 atom stereocenters. The van der Waals surface area contributed by atoms with E-state index in [4.69, 9.17) is 0 Å². The summed E-state index contributed by atoms with van der Waals surface area (Å²) in [5, 5.41) is 0. The Balaban J connectivity index is 2.75. The highest BCUT2D eigenvalue weighted by Gasteiger charge is 2.13. The molecule has 4 nitrogen and oxygen atoms in total. The minimum absolute atomic E-state index is 0.117. The van der Waals surface area contributed by atoms with Gasteiger partial charge in [0.2, 0.25) is 0 Å². The third kappa shape index (κ3) is 3.75. The van der Waals surface area contributed by atoms with Gasteiger partial charge in [-0.05, 0) is 6.07 Å². The van der Waals surface area contributed by atoms with Crippen LogP contribution in [0, 0.1) is 5.82 Å². The number of carbonyl (C=O) groups excluding carboxylic acids is 1. The van der Waals surface area contributed by atoms with Gasteiger partial charge in [0, 0.05) is 18.9 Å². The highest BCUT2D eigenvalue weighted by atomic mass is 32.2. The van der Waals surface area contributed by atoms with Gasteiger partial charge in [-0.15, -0.1) is 0 Å². The molecular formula is C9H10FNO3S. The van der Waals surface area contributed by atoms with E-state index in [-0.39, 0.29) is 17.7 Å². The average molecular weight is 231 g/mol. The van der Waals surface area contributed by atoms with Crippen LogP contribution in [-0.2, 0) is 9.84 Å². The second-order valence-corrected chi connectivity index (χ2v) is 5.42. The maximum Gasteiger partial charge on any atom is 0.166 e. The van der Waals surface area contributed by atoms with Crippen LogP contribution in [0.15, 0.2) is 18.5 Å². The second kappa shape index (κ2) is 4.48. The maximum atomic E-state index is 13.0. The second-order valence-electron chi connectivity index (χ2n) is 3.16. The quantitative estimate of drug-likeness (QED) is 0.720. The number of rotatable bonds is 4. The first-order valence-electron chi connectivity index (χ1n) is 4.20. The Morgan fingerprint density at radius 2 is 2.20 bits per heavy atom. The normalized spacial score (nSPS) is 11.3. The number of carbonyl (C=O) groups is 1. The zero-order valence-electron chi connectivity index (χ0n) is 8.10. The van der Waals surface area contributed by atoms with Gasteiger partial charge in [0.25, 0.3) is 0 Å². The molecule has 15 heavy (non-hydrogen) atoms. The molecule has 0 radical (unpaired) electrons. The first-order chi connectivity index (χ1) is 6.90. The first-order valence-corrected chi connectivity index (χ1v) is 6.26. The topological polar surface area (TPSA) is 64.1 Å². The largest absolute Gasteiger partial charge is 0.294 e. The Hall–Kier alpha value is -1.30. The van der Waals surface area contributed by atoms with Crippen LogP contribution in [0.25, 0.3) is 0 Å². The summed E-state index contributed by atoms with van der Waals surface area (Å²) < 4.78 is 34.6. The summed E-state index contributed by atoms with van der Waals surface area (Å²) in [5.74, 6) is -1.52. The summed E-state index contributed by atoms with van der Waals surface area (Å²) in [6.07, 6.45) is 3.04. The fraction of sp³-hybridized carbons (Fsp3) is 0.333. The van der Waals surface area contributed by atoms with Crippen LogP contribution in [0.3, 0.4) is 0 Å². The third-order valence-corrected chi connectivity index (χ3v) is 2.72. The summed E-state index contributed by atoms with van der Waals surface area (Å²) in [6, 6.07) is 1.24. The van der Waals surface area contributed by atoms with Gasteiger partial charge in [0.05, 0.1) is 17.5 Å². The van der Waals surface area contributed by atoms with E-state index >= 15 is 0 Å². The van der Waals surface area contributed by atoms with Crippen molar-refractivity contribution in [3.05, 3.63) is 29.8 Å². The van der Waals surface area contributed by atoms with E-state index in [9.17, 15) is 17.6 Å². The molecule has 0 aromatic carbocycles. The highest BCUT2D eigenvalue weighted by molar-refractivity contribution is 7.90. The number of pyridine rings is 1. The van der Waals surface area contributed by atoms with Gasteiger partial charge < -0.3 is 0 Å². The van der Waals surface area contributed by atoms with Crippen molar-refractivity contribution in [2.24, 2.45) is 0 Å². The molecule has 1 aromatic heterocycles. The molecule has 0 saturated heterocycles. The minimum Gasteiger partial charge on any atom is -0.294 e. The summed E-state index contributed by atoms with van der Waals surface area (Å²) >= 11 is 0. The molecule has 0 aliphatic carbocycles. The standard InChI is InChI=1S/C9H10FNO3S/c1-15(13,14)5-3-9(12)7-2-4-11-6-8(7)10/h2,4,6H,3,5H2,1H3. The number of aromatic nitrogens is 1. The predicted molar refractivity (Wildman–Crippen MR) is 52.9 cm³/mol. The fourth-order valence-electron chi connectivity index (χ4n) is 1.01. The van der Waals surface area contributed by atoms with E-state index in [1.165, 1.54) is 12.3 Å². The van der Waals surface area contributed by atoms with Gasteiger partial charge in [0.1, 0.15) is 9.84 Å². The molecule has 0 amide bonds. The molecule has 0 unspecified atom stereocenters. The van der Waals surface area contributed by atoms with E-state index in [1.807, 2.05) is 0 Å². The van der Waals surface area contributed by atoms with Gasteiger partial charge in [-0.1, -0.05) is 0 Å². The van der Waals surface area contributed by atoms with Crippen molar-refractivity contribution in [2.75, 3.05) is 12.0 Å². The molecule has 0 saturated carbocycles. The molecule has 0 spiro atoms. The Kier molecular flexibility index (Phi) is 3.52. The summed E-state index contributed by atoms with van der Waals surface area (Å²) in [4.78, 5) is 14.9. The van der Waals surface area contributed by atoms with Crippen molar-refractivity contribution in [1.29, 1.82) is 0 Å². The zero-order chi connectivity index (χ0) is 11.5. The number of ketones is 1. The molecule has 0 aliphatic heterocycles. The maximum absolute atomic E-state index is 13.0. The van der Waals surface area contributed by atoms with Crippen molar-refractivity contribution in [3.63, 3.8) is 0 Å². The third-order valence-electron chi connectivity index (χ3n) is 1.77. The van der Waals surface area contributed by atoms with Gasteiger partial charge in [-0.3, -0.25) is 9.78 Å². The Bertz CT molecular complexity index is 470. The van der Waals surface area contributed by atoms with Crippen molar-refractivity contribution in [1.82, 2.24) is 4.98 Å². The predicted octanol–water partition coefficient (Wildman–Crippen LogP) is 0.838. The molecule has 1 aromatic rings. The number of Topliss-reactive ketones (excluding diaryl/α,β-unsaturated/α-hetero) is 1. The number of hydrogen-bond donors (Lipinski definition) is 0. The van der Waals surface area contributed by atoms with Gasteiger partial charge in [0.15, 0.2) is 11.6 Å². The SMILES string of the molecule is CS(=O)(=O)CCC(=O)c1ccncc1F. The highest BCUT2D eigenvalue weighted by Crippen LogP contribution is 2.08. The lowest BCUT2D eigenvalue weighted by atomic mass is 10.1. The van der Waals surface area contributed by atoms with Crippen LogP contribution in [0.5, 0.6) is 0 Å². The molecule has 0 fully saturated rings. The molecule has 0 N–H and O–H groups in total. The molecule has 1 rings (SSSR count).